The molecule has 0 bridgehead atoms. The number of methoxy groups -OCH3 is 1. The lowest BCUT2D eigenvalue weighted by Gasteiger charge is -2.14. The third kappa shape index (κ3) is 2.75. The third-order valence-corrected chi connectivity index (χ3v) is 2.47. The van der Waals surface area contributed by atoms with Crippen molar-refractivity contribution >= 4 is 0 Å². The predicted molar refractivity (Wildman–Crippen MR) is 64.0 cm³/mol. The molecule has 0 aliphatic rings. The molecule has 0 spiro atoms. The minimum absolute atomic E-state index is 0.202. The molecule has 1 aromatic rings. The molecule has 1 N–H and O–H groups in total. The second kappa shape index (κ2) is 5.54. The highest BCUT2D eigenvalue weighted by Gasteiger charge is 2.12. The van der Waals surface area contributed by atoms with Crippen molar-refractivity contribution in [1.82, 2.24) is 5.32 Å². The molecule has 16 heavy (non-hydrogen) atoms. The molecule has 88 valence electrons. The summed E-state index contributed by atoms with van der Waals surface area (Å²) in [6.07, 6.45) is 0.744. The van der Waals surface area contributed by atoms with Crippen molar-refractivity contribution < 1.29 is 9.13 Å². The molecule has 1 rings (SSSR count). The summed E-state index contributed by atoms with van der Waals surface area (Å²) in [6, 6.07) is 3.10. The summed E-state index contributed by atoms with van der Waals surface area (Å²) in [5.74, 6) is 0.536. The molecule has 0 radical (unpaired) electrons. The van der Waals surface area contributed by atoms with Crippen LogP contribution < -0.4 is 10.1 Å². The van der Waals surface area contributed by atoms with E-state index >= 15 is 0 Å². The zero-order chi connectivity index (χ0) is 12.1. The van der Waals surface area contributed by atoms with Crippen molar-refractivity contribution in [3.63, 3.8) is 0 Å². The van der Waals surface area contributed by atoms with Crippen LogP contribution in [0.1, 0.15) is 25.0 Å². The lowest BCUT2D eigenvalue weighted by atomic mass is 10.0. The van der Waals surface area contributed by atoms with Crippen molar-refractivity contribution in [2.75, 3.05) is 7.11 Å². The summed E-state index contributed by atoms with van der Waals surface area (Å²) in [4.78, 5) is 0. The van der Waals surface area contributed by atoms with Crippen LogP contribution in [0.5, 0.6) is 5.75 Å². The van der Waals surface area contributed by atoms with Crippen LogP contribution in [-0.2, 0) is 13.0 Å². The van der Waals surface area contributed by atoms with Gasteiger partial charge in [-0.15, -0.1) is 0 Å². The Balaban J connectivity index is 3.07. The summed E-state index contributed by atoms with van der Waals surface area (Å²) in [5, 5.41) is 3.04. The average molecular weight is 223 g/mol. The average Bonchev–Trinajstić information content (AvgIpc) is 2.26. The van der Waals surface area contributed by atoms with Crippen molar-refractivity contribution in [1.29, 1.82) is 0 Å². The van der Waals surface area contributed by atoms with Crippen LogP contribution in [0.4, 0.5) is 4.39 Å². The molecule has 0 amide bonds. The minimum Gasteiger partial charge on any atom is -0.496 e. The normalized spacial score (nSPS) is 10.0. The second-order valence-electron chi connectivity index (χ2n) is 3.69. The van der Waals surface area contributed by atoms with E-state index in [2.05, 4.69) is 11.9 Å². The Morgan fingerprint density at radius 2 is 2.12 bits per heavy atom. The summed E-state index contributed by atoms with van der Waals surface area (Å²) in [6.45, 7) is 8.02. The van der Waals surface area contributed by atoms with Crippen LogP contribution in [0, 0.1) is 5.82 Å². The number of hydrogen-bond acceptors (Lipinski definition) is 2. The second-order valence-corrected chi connectivity index (χ2v) is 3.69. The number of hydrogen-bond donors (Lipinski definition) is 1. The van der Waals surface area contributed by atoms with Crippen LogP contribution in [0.2, 0.25) is 0 Å². The molecule has 0 heterocycles. The standard InChI is InChI=1S/C13H18FNO/c1-5-10-11(8-15-9(2)3)12(14)6-7-13(10)16-4/h6-7,15H,2,5,8H2,1,3-4H3. The van der Waals surface area contributed by atoms with E-state index < -0.39 is 0 Å². The lowest BCUT2D eigenvalue weighted by Crippen LogP contribution is -2.13. The molecule has 1 aromatic carbocycles. The highest BCUT2D eigenvalue weighted by Crippen LogP contribution is 2.25. The van der Waals surface area contributed by atoms with Gasteiger partial charge in [-0.2, -0.15) is 0 Å². The van der Waals surface area contributed by atoms with Crippen molar-refractivity contribution in [3.8, 4) is 5.75 Å². The van der Waals surface area contributed by atoms with Crippen molar-refractivity contribution in [3.05, 3.63) is 41.4 Å². The van der Waals surface area contributed by atoms with E-state index in [9.17, 15) is 4.39 Å². The molecule has 0 unspecified atom stereocenters. The molecule has 0 aromatic heterocycles. The van der Waals surface area contributed by atoms with Gasteiger partial charge in [0.05, 0.1) is 7.11 Å². The first-order valence-electron chi connectivity index (χ1n) is 5.33. The maximum atomic E-state index is 13.7. The van der Waals surface area contributed by atoms with Gasteiger partial charge in [0.2, 0.25) is 0 Å². The van der Waals surface area contributed by atoms with Crippen molar-refractivity contribution in [2.24, 2.45) is 0 Å². The monoisotopic (exact) mass is 223 g/mol. The first-order chi connectivity index (χ1) is 7.60. The van der Waals surface area contributed by atoms with Gasteiger partial charge in [-0.3, -0.25) is 0 Å². The quantitative estimate of drug-likeness (QED) is 0.828. The number of halogens is 1. The Labute approximate surface area is 96.1 Å². The molecule has 0 aliphatic carbocycles. The van der Waals surface area contributed by atoms with Gasteiger partial charge >= 0.3 is 0 Å². The van der Waals surface area contributed by atoms with Gasteiger partial charge < -0.3 is 10.1 Å². The molecule has 0 saturated heterocycles. The zero-order valence-corrected chi connectivity index (χ0v) is 10.1. The van der Waals surface area contributed by atoms with Gasteiger partial charge in [-0.1, -0.05) is 13.5 Å². The SMILES string of the molecule is C=C(C)NCc1c(F)ccc(OC)c1CC. The number of allylic oxidation sites excluding steroid dienone is 1. The van der Waals surface area contributed by atoms with E-state index in [1.54, 1.807) is 13.2 Å². The fourth-order valence-corrected chi connectivity index (χ4v) is 1.65. The molecule has 0 saturated carbocycles. The Hall–Kier alpha value is -1.51. The summed E-state index contributed by atoms with van der Waals surface area (Å²) in [7, 11) is 1.60. The topological polar surface area (TPSA) is 21.3 Å². The van der Waals surface area contributed by atoms with Gasteiger partial charge in [0, 0.05) is 23.4 Å². The lowest BCUT2D eigenvalue weighted by molar-refractivity contribution is 0.407. The number of rotatable bonds is 5. The Morgan fingerprint density at radius 1 is 1.44 bits per heavy atom. The Morgan fingerprint density at radius 3 is 2.62 bits per heavy atom. The summed E-state index contributed by atoms with van der Waals surface area (Å²) in [5.41, 5.74) is 2.39. The smallest absolute Gasteiger partial charge is 0.128 e. The molecule has 0 fully saturated rings. The molecular formula is C13H18FNO. The van der Waals surface area contributed by atoms with E-state index in [0.29, 0.717) is 12.1 Å². The Bertz CT molecular complexity index is 388. The van der Waals surface area contributed by atoms with Gasteiger partial charge in [-0.05, 0) is 25.5 Å². The van der Waals surface area contributed by atoms with E-state index in [1.807, 2.05) is 13.8 Å². The molecule has 3 heteroatoms. The number of benzene rings is 1. The maximum absolute atomic E-state index is 13.7. The largest absolute Gasteiger partial charge is 0.496 e. The fraction of sp³-hybridized carbons (Fsp3) is 0.385. The van der Waals surface area contributed by atoms with E-state index in [0.717, 1.165) is 23.4 Å². The first-order valence-corrected chi connectivity index (χ1v) is 5.33. The van der Waals surface area contributed by atoms with E-state index in [1.165, 1.54) is 6.07 Å². The zero-order valence-electron chi connectivity index (χ0n) is 10.1. The van der Waals surface area contributed by atoms with Crippen molar-refractivity contribution in [2.45, 2.75) is 26.8 Å². The summed E-state index contributed by atoms with van der Waals surface area (Å²) >= 11 is 0. The molecule has 0 atom stereocenters. The van der Waals surface area contributed by atoms with Gasteiger partial charge in [-0.25, -0.2) is 4.39 Å². The van der Waals surface area contributed by atoms with Gasteiger partial charge in [0.15, 0.2) is 0 Å². The molecule has 0 aliphatic heterocycles. The maximum Gasteiger partial charge on any atom is 0.128 e. The highest BCUT2D eigenvalue weighted by atomic mass is 19.1. The summed E-state index contributed by atoms with van der Waals surface area (Å²) < 4.78 is 18.9. The number of nitrogens with one attached hydrogen (secondary N) is 1. The minimum atomic E-state index is -0.202. The first kappa shape index (κ1) is 12.6. The van der Waals surface area contributed by atoms with Crippen LogP contribution in [0.25, 0.3) is 0 Å². The Kier molecular flexibility index (Phi) is 4.35. The van der Waals surface area contributed by atoms with Gasteiger partial charge in [0.1, 0.15) is 11.6 Å². The number of ether oxygens (including phenoxy) is 1. The highest BCUT2D eigenvalue weighted by molar-refractivity contribution is 5.41. The van der Waals surface area contributed by atoms with Crippen LogP contribution in [0.3, 0.4) is 0 Å². The van der Waals surface area contributed by atoms with Crippen LogP contribution >= 0.6 is 0 Å². The fourth-order valence-electron chi connectivity index (χ4n) is 1.65. The third-order valence-electron chi connectivity index (χ3n) is 2.47. The van der Waals surface area contributed by atoms with Crippen LogP contribution in [0.15, 0.2) is 24.4 Å². The molecular weight excluding hydrogens is 205 g/mol. The van der Waals surface area contributed by atoms with Gasteiger partial charge in [0.25, 0.3) is 0 Å². The van der Waals surface area contributed by atoms with Crippen LogP contribution in [-0.4, -0.2) is 7.11 Å². The molecule has 2 nitrogen and oxygen atoms in total. The van der Waals surface area contributed by atoms with E-state index in [-0.39, 0.29) is 5.82 Å². The predicted octanol–water partition coefficient (Wildman–Crippen LogP) is 3.02. The van der Waals surface area contributed by atoms with E-state index in [4.69, 9.17) is 4.74 Å².